The molecule has 2 heterocycles. The summed E-state index contributed by atoms with van der Waals surface area (Å²) >= 11 is 3.24. The van der Waals surface area contributed by atoms with Gasteiger partial charge in [-0.05, 0) is 56.5 Å². The Balaban J connectivity index is 1.61. The zero-order valence-electron chi connectivity index (χ0n) is 18.7. The average molecular weight is 472 g/mol. The number of carbonyl (C=O) groups excluding carboxylic acids is 1. The van der Waals surface area contributed by atoms with Gasteiger partial charge < -0.3 is 9.47 Å². The van der Waals surface area contributed by atoms with Crippen molar-refractivity contribution >= 4 is 44.4 Å². The third kappa shape index (κ3) is 5.43. The van der Waals surface area contributed by atoms with E-state index in [4.69, 9.17) is 14.5 Å². The molecule has 0 atom stereocenters. The van der Waals surface area contributed by atoms with E-state index in [2.05, 4.69) is 23.3 Å². The highest BCUT2D eigenvalue weighted by Crippen LogP contribution is 2.34. The Morgan fingerprint density at radius 3 is 2.66 bits per heavy atom. The first-order valence-corrected chi connectivity index (χ1v) is 12.9. The smallest absolute Gasteiger partial charge is 0.260 e. The van der Waals surface area contributed by atoms with E-state index in [0.29, 0.717) is 12.1 Å². The van der Waals surface area contributed by atoms with E-state index in [1.54, 1.807) is 23.1 Å². The van der Waals surface area contributed by atoms with Gasteiger partial charge in [-0.2, -0.15) is 0 Å². The van der Waals surface area contributed by atoms with Crippen LogP contribution in [0.5, 0.6) is 5.75 Å². The molecule has 170 valence electrons. The van der Waals surface area contributed by atoms with Gasteiger partial charge in [0, 0.05) is 36.6 Å². The molecule has 1 saturated heterocycles. The van der Waals surface area contributed by atoms with Crippen LogP contribution in [0.15, 0.2) is 47.4 Å². The number of para-hydroxylation sites is 1. The fourth-order valence-electron chi connectivity index (χ4n) is 3.65. The minimum absolute atomic E-state index is 0.0425. The number of ether oxygens (including phenoxy) is 2. The lowest BCUT2D eigenvalue weighted by Gasteiger charge is -2.29. The lowest BCUT2D eigenvalue weighted by atomic mass is 10.2. The minimum atomic E-state index is -0.0425. The Morgan fingerprint density at radius 2 is 1.97 bits per heavy atom. The Kier molecular flexibility index (Phi) is 7.67. The van der Waals surface area contributed by atoms with Crippen LogP contribution in [0.4, 0.5) is 5.13 Å². The molecule has 4 rings (SSSR count). The first-order valence-electron chi connectivity index (χ1n) is 10.9. The van der Waals surface area contributed by atoms with E-state index < -0.39 is 0 Å². The minimum Gasteiger partial charge on any atom is -0.491 e. The molecule has 1 aromatic heterocycles. The van der Waals surface area contributed by atoms with E-state index in [1.165, 1.54) is 0 Å². The van der Waals surface area contributed by atoms with Gasteiger partial charge in [0.2, 0.25) is 0 Å². The molecule has 1 amide bonds. The van der Waals surface area contributed by atoms with Crippen LogP contribution in [0.3, 0.4) is 0 Å². The highest BCUT2D eigenvalue weighted by molar-refractivity contribution is 7.98. The van der Waals surface area contributed by atoms with E-state index in [9.17, 15) is 4.79 Å². The Hall–Kier alpha value is -2.13. The number of amides is 1. The maximum absolute atomic E-state index is 13.6. The Labute approximate surface area is 197 Å². The molecule has 0 unspecified atom stereocenters. The molecule has 1 aliphatic heterocycles. The third-order valence-corrected chi connectivity index (χ3v) is 7.10. The zero-order valence-corrected chi connectivity index (χ0v) is 20.4. The van der Waals surface area contributed by atoms with Gasteiger partial charge in [-0.1, -0.05) is 17.4 Å². The Morgan fingerprint density at radius 1 is 1.22 bits per heavy atom. The molecule has 6 nitrogen and oxygen atoms in total. The van der Waals surface area contributed by atoms with Crippen molar-refractivity contribution in [1.29, 1.82) is 0 Å². The maximum Gasteiger partial charge on any atom is 0.260 e. The second kappa shape index (κ2) is 10.7. The van der Waals surface area contributed by atoms with Gasteiger partial charge in [0.15, 0.2) is 5.13 Å². The van der Waals surface area contributed by atoms with Crippen molar-refractivity contribution in [2.24, 2.45) is 0 Å². The van der Waals surface area contributed by atoms with Crippen LogP contribution in [-0.4, -0.2) is 67.5 Å². The number of morpholine rings is 1. The monoisotopic (exact) mass is 471 g/mol. The SMILES string of the molecule is CSc1cccc2sc(N(CCN3CCOCC3)C(=O)c3ccc(OC(C)C)cc3)nc12. The highest BCUT2D eigenvalue weighted by Gasteiger charge is 2.23. The molecule has 32 heavy (non-hydrogen) atoms. The van der Waals surface area contributed by atoms with Crippen LogP contribution in [0, 0.1) is 0 Å². The van der Waals surface area contributed by atoms with Crippen LogP contribution in [0.1, 0.15) is 24.2 Å². The summed E-state index contributed by atoms with van der Waals surface area (Å²) in [5.41, 5.74) is 1.59. The zero-order chi connectivity index (χ0) is 22.5. The summed E-state index contributed by atoms with van der Waals surface area (Å²) in [7, 11) is 0. The summed E-state index contributed by atoms with van der Waals surface area (Å²) in [6, 6.07) is 13.6. The van der Waals surface area contributed by atoms with Crippen molar-refractivity contribution in [3.05, 3.63) is 48.0 Å². The number of hydrogen-bond acceptors (Lipinski definition) is 7. The number of benzene rings is 2. The van der Waals surface area contributed by atoms with Gasteiger partial charge in [0.25, 0.3) is 5.91 Å². The largest absolute Gasteiger partial charge is 0.491 e. The van der Waals surface area contributed by atoms with Gasteiger partial charge in [0.05, 0.1) is 29.5 Å². The molecular formula is C24H29N3O3S2. The predicted molar refractivity (Wildman–Crippen MR) is 133 cm³/mol. The lowest BCUT2D eigenvalue weighted by Crippen LogP contribution is -2.43. The number of nitrogens with zero attached hydrogens (tertiary/aromatic N) is 3. The topological polar surface area (TPSA) is 54.9 Å². The van der Waals surface area contributed by atoms with Gasteiger partial charge in [-0.15, -0.1) is 11.8 Å². The van der Waals surface area contributed by atoms with E-state index in [1.807, 2.05) is 49.1 Å². The first-order chi connectivity index (χ1) is 15.5. The molecule has 0 radical (unpaired) electrons. The molecule has 0 saturated carbocycles. The summed E-state index contributed by atoms with van der Waals surface area (Å²) in [5.74, 6) is 0.722. The van der Waals surface area contributed by atoms with E-state index >= 15 is 0 Å². The molecule has 0 aliphatic carbocycles. The number of fused-ring (bicyclic) bond motifs is 1. The molecule has 0 N–H and O–H groups in total. The Bertz CT molecular complexity index is 1050. The predicted octanol–water partition coefficient (Wildman–Crippen LogP) is 4.78. The number of hydrogen-bond donors (Lipinski definition) is 0. The summed E-state index contributed by atoms with van der Waals surface area (Å²) < 4.78 is 12.3. The average Bonchev–Trinajstić information content (AvgIpc) is 3.24. The third-order valence-electron chi connectivity index (χ3n) is 5.28. The normalized spacial score (nSPS) is 14.8. The van der Waals surface area contributed by atoms with Gasteiger partial charge in [0.1, 0.15) is 5.75 Å². The number of anilines is 1. The van der Waals surface area contributed by atoms with E-state index in [-0.39, 0.29) is 12.0 Å². The fraction of sp³-hybridized carbons (Fsp3) is 0.417. The fourth-order valence-corrected chi connectivity index (χ4v) is 5.29. The number of aromatic nitrogens is 1. The molecule has 8 heteroatoms. The maximum atomic E-state index is 13.6. The number of rotatable bonds is 8. The summed E-state index contributed by atoms with van der Waals surface area (Å²) in [5, 5.41) is 0.738. The van der Waals surface area contributed by atoms with Crippen LogP contribution < -0.4 is 9.64 Å². The van der Waals surface area contributed by atoms with Crippen LogP contribution in [0.2, 0.25) is 0 Å². The number of thioether (sulfide) groups is 1. The van der Waals surface area contributed by atoms with Crippen molar-refractivity contribution in [2.75, 3.05) is 50.5 Å². The van der Waals surface area contributed by atoms with Crippen molar-refractivity contribution < 1.29 is 14.3 Å². The standard InChI is InChI=1S/C24H29N3O3S2/c1-17(2)30-19-9-7-18(8-10-19)23(28)27(12-11-26-13-15-29-16-14-26)24-25-22-20(31-3)5-4-6-21(22)32-24/h4-10,17H,11-16H2,1-3H3. The quantitative estimate of drug-likeness (QED) is 0.441. The summed E-state index contributed by atoms with van der Waals surface area (Å²) in [6.07, 6.45) is 2.14. The molecule has 0 bridgehead atoms. The number of thiazole rings is 1. The van der Waals surface area contributed by atoms with Crippen molar-refractivity contribution in [3.63, 3.8) is 0 Å². The first kappa shape index (κ1) is 23.0. The number of carbonyl (C=O) groups is 1. The summed E-state index contributed by atoms with van der Waals surface area (Å²) in [6.45, 7) is 8.60. The van der Waals surface area contributed by atoms with Crippen molar-refractivity contribution in [3.8, 4) is 5.75 Å². The molecule has 2 aromatic carbocycles. The molecular weight excluding hydrogens is 442 g/mol. The van der Waals surface area contributed by atoms with Crippen LogP contribution >= 0.6 is 23.1 Å². The molecule has 1 aliphatic rings. The molecule has 3 aromatic rings. The van der Waals surface area contributed by atoms with E-state index in [0.717, 1.165) is 58.8 Å². The van der Waals surface area contributed by atoms with Crippen LogP contribution in [-0.2, 0) is 4.74 Å². The van der Waals surface area contributed by atoms with Gasteiger partial charge in [-0.25, -0.2) is 4.98 Å². The lowest BCUT2D eigenvalue weighted by molar-refractivity contribution is 0.0391. The molecule has 1 fully saturated rings. The van der Waals surface area contributed by atoms with Crippen molar-refractivity contribution in [2.45, 2.75) is 24.8 Å². The van der Waals surface area contributed by atoms with Gasteiger partial charge in [-0.3, -0.25) is 14.6 Å². The second-order valence-electron chi connectivity index (χ2n) is 7.91. The van der Waals surface area contributed by atoms with Gasteiger partial charge >= 0.3 is 0 Å². The van der Waals surface area contributed by atoms with Crippen LogP contribution in [0.25, 0.3) is 10.2 Å². The van der Waals surface area contributed by atoms with Crippen molar-refractivity contribution in [1.82, 2.24) is 9.88 Å². The summed E-state index contributed by atoms with van der Waals surface area (Å²) in [4.78, 5) is 23.8. The second-order valence-corrected chi connectivity index (χ2v) is 9.76. The molecule has 0 spiro atoms. The highest BCUT2D eigenvalue weighted by atomic mass is 32.2.